The summed E-state index contributed by atoms with van der Waals surface area (Å²) in [6.07, 6.45) is 1.46. The molecule has 0 fully saturated rings. The molecule has 0 radical (unpaired) electrons. The second kappa shape index (κ2) is 11.7. The minimum Gasteiger partial charge on any atom is -0.490 e. The Bertz CT molecular complexity index is 1090. The highest BCUT2D eigenvalue weighted by atomic mass is 35.5. The van der Waals surface area contributed by atoms with Gasteiger partial charge < -0.3 is 24.8 Å². The third kappa shape index (κ3) is 7.11. The third-order valence-electron chi connectivity index (χ3n) is 4.27. The molecule has 9 heteroatoms. The molecule has 0 saturated carbocycles. The number of aromatic nitrogens is 1. The maximum absolute atomic E-state index is 12.4. The van der Waals surface area contributed by atoms with Crippen LogP contribution in [-0.2, 0) is 4.79 Å². The van der Waals surface area contributed by atoms with Crippen molar-refractivity contribution in [2.45, 2.75) is 13.8 Å². The number of halogens is 1. The molecule has 0 aliphatic heterocycles. The number of hydrogen-bond donors (Lipinski definition) is 2. The van der Waals surface area contributed by atoms with Gasteiger partial charge in [0, 0.05) is 16.7 Å². The Labute approximate surface area is 196 Å². The van der Waals surface area contributed by atoms with Crippen molar-refractivity contribution in [3.63, 3.8) is 0 Å². The van der Waals surface area contributed by atoms with E-state index in [0.29, 0.717) is 52.6 Å². The van der Waals surface area contributed by atoms with Gasteiger partial charge in [-0.2, -0.15) is 0 Å². The minimum atomic E-state index is -0.404. The van der Waals surface area contributed by atoms with Gasteiger partial charge in [0.15, 0.2) is 11.5 Å². The van der Waals surface area contributed by atoms with Gasteiger partial charge in [-0.25, -0.2) is 4.98 Å². The van der Waals surface area contributed by atoms with Crippen molar-refractivity contribution in [1.82, 2.24) is 10.3 Å². The molecule has 0 atom stereocenters. The Morgan fingerprint density at radius 3 is 2.33 bits per heavy atom. The first-order valence-corrected chi connectivity index (χ1v) is 10.7. The molecule has 172 valence electrons. The average molecular weight is 470 g/mol. The van der Waals surface area contributed by atoms with Crippen LogP contribution in [-0.4, -0.2) is 36.6 Å². The fraction of sp³-hybridized carbons (Fsp3) is 0.208. The van der Waals surface area contributed by atoms with Gasteiger partial charge in [-0.3, -0.25) is 9.59 Å². The van der Waals surface area contributed by atoms with Gasteiger partial charge in [-0.15, -0.1) is 0 Å². The van der Waals surface area contributed by atoms with Crippen LogP contribution < -0.4 is 24.8 Å². The van der Waals surface area contributed by atoms with E-state index in [9.17, 15) is 9.59 Å². The molecule has 0 saturated heterocycles. The van der Waals surface area contributed by atoms with Crippen LogP contribution in [0.25, 0.3) is 0 Å². The van der Waals surface area contributed by atoms with Crippen molar-refractivity contribution in [2.75, 3.05) is 25.1 Å². The molecule has 0 bridgehead atoms. The summed E-state index contributed by atoms with van der Waals surface area (Å²) >= 11 is 5.85. The van der Waals surface area contributed by atoms with Crippen LogP contribution in [0.15, 0.2) is 60.8 Å². The molecular weight excluding hydrogens is 446 g/mol. The van der Waals surface area contributed by atoms with Crippen molar-refractivity contribution in [1.29, 1.82) is 0 Å². The lowest BCUT2D eigenvalue weighted by Gasteiger charge is -2.12. The number of pyridine rings is 1. The largest absolute Gasteiger partial charge is 0.490 e. The summed E-state index contributed by atoms with van der Waals surface area (Å²) in [4.78, 5) is 28.8. The highest BCUT2D eigenvalue weighted by Gasteiger charge is 2.13. The van der Waals surface area contributed by atoms with Gasteiger partial charge in [0.05, 0.1) is 31.6 Å². The maximum atomic E-state index is 12.4. The number of carbonyl (C=O) groups is 2. The van der Waals surface area contributed by atoms with E-state index in [-0.39, 0.29) is 6.54 Å². The van der Waals surface area contributed by atoms with Gasteiger partial charge >= 0.3 is 0 Å². The molecule has 8 nitrogen and oxygen atoms in total. The molecule has 1 heterocycles. The number of hydrogen-bond acceptors (Lipinski definition) is 6. The number of nitrogens with one attached hydrogen (secondary N) is 2. The molecule has 2 amide bonds. The predicted octanol–water partition coefficient (Wildman–Crippen LogP) is 4.69. The van der Waals surface area contributed by atoms with Gasteiger partial charge in [0.25, 0.3) is 5.91 Å². The highest BCUT2D eigenvalue weighted by molar-refractivity contribution is 6.30. The van der Waals surface area contributed by atoms with Crippen LogP contribution in [0.4, 0.5) is 5.69 Å². The average Bonchev–Trinajstić information content (AvgIpc) is 2.81. The number of amides is 2. The van der Waals surface area contributed by atoms with Crippen LogP contribution in [0.5, 0.6) is 23.1 Å². The Morgan fingerprint density at radius 2 is 1.67 bits per heavy atom. The van der Waals surface area contributed by atoms with E-state index in [4.69, 9.17) is 25.8 Å². The summed E-state index contributed by atoms with van der Waals surface area (Å²) in [6, 6.07) is 15.0. The molecule has 33 heavy (non-hydrogen) atoms. The molecule has 1 aromatic heterocycles. The predicted molar refractivity (Wildman–Crippen MR) is 126 cm³/mol. The van der Waals surface area contributed by atoms with E-state index >= 15 is 0 Å². The van der Waals surface area contributed by atoms with Crippen LogP contribution in [0.1, 0.15) is 24.2 Å². The number of rotatable bonds is 10. The number of anilines is 1. The topological polar surface area (TPSA) is 98.8 Å². The van der Waals surface area contributed by atoms with Gasteiger partial charge in [-0.1, -0.05) is 11.6 Å². The molecule has 0 unspecified atom stereocenters. The van der Waals surface area contributed by atoms with Crippen LogP contribution in [0.3, 0.4) is 0 Å². The second-order valence-electron chi connectivity index (χ2n) is 6.70. The first-order chi connectivity index (χ1) is 16.0. The lowest BCUT2D eigenvalue weighted by molar-refractivity contribution is -0.115. The van der Waals surface area contributed by atoms with Crippen molar-refractivity contribution >= 4 is 29.1 Å². The number of nitrogens with zero attached hydrogens (tertiary/aromatic N) is 1. The molecule has 3 aromatic rings. The Kier molecular flexibility index (Phi) is 8.49. The third-order valence-corrected chi connectivity index (χ3v) is 4.52. The summed E-state index contributed by atoms with van der Waals surface area (Å²) in [7, 11) is 0. The Balaban J connectivity index is 1.52. The summed E-state index contributed by atoms with van der Waals surface area (Å²) < 4.78 is 16.6. The molecule has 3 rings (SSSR count). The SMILES string of the molecule is CCOc1ccc(C(=O)NCC(=O)Nc2ccc(Oc3ccc(Cl)cc3)nc2)cc1OCC. The Morgan fingerprint density at radius 1 is 0.939 bits per heavy atom. The van der Waals surface area contributed by atoms with E-state index in [1.54, 1.807) is 54.6 Å². The summed E-state index contributed by atoms with van der Waals surface area (Å²) in [5.74, 6) is 1.19. The fourth-order valence-corrected chi connectivity index (χ4v) is 2.92. The fourth-order valence-electron chi connectivity index (χ4n) is 2.80. The van der Waals surface area contributed by atoms with E-state index in [1.165, 1.54) is 6.20 Å². The van der Waals surface area contributed by atoms with Crippen LogP contribution >= 0.6 is 11.6 Å². The van der Waals surface area contributed by atoms with E-state index in [2.05, 4.69) is 15.6 Å². The maximum Gasteiger partial charge on any atom is 0.251 e. The lowest BCUT2D eigenvalue weighted by Crippen LogP contribution is -2.32. The van der Waals surface area contributed by atoms with Crippen molar-refractivity contribution in [2.24, 2.45) is 0 Å². The van der Waals surface area contributed by atoms with Crippen molar-refractivity contribution in [3.8, 4) is 23.1 Å². The zero-order chi connectivity index (χ0) is 23.6. The molecule has 2 N–H and O–H groups in total. The quantitative estimate of drug-likeness (QED) is 0.447. The second-order valence-corrected chi connectivity index (χ2v) is 7.14. The first kappa shape index (κ1) is 23.9. The van der Waals surface area contributed by atoms with Gasteiger partial charge in [0.2, 0.25) is 11.8 Å². The zero-order valence-electron chi connectivity index (χ0n) is 18.3. The van der Waals surface area contributed by atoms with E-state index in [1.807, 2.05) is 13.8 Å². The smallest absolute Gasteiger partial charge is 0.251 e. The molecule has 0 aliphatic carbocycles. The normalized spacial score (nSPS) is 10.3. The van der Waals surface area contributed by atoms with E-state index < -0.39 is 11.8 Å². The number of ether oxygens (including phenoxy) is 3. The van der Waals surface area contributed by atoms with Crippen LogP contribution in [0, 0.1) is 0 Å². The standard InChI is InChI=1S/C24H24ClN3O5/c1-3-31-20-11-5-16(13-21(20)32-4-2)24(30)27-15-22(29)28-18-8-12-23(26-14-18)33-19-9-6-17(25)7-10-19/h5-14H,3-4,15H2,1-2H3,(H,27,30)(H,28,29). The monoisotopic (exact) mass is 469 g/mol. The summed E-state index contributed by atoms with van der Waals surface area (Å²) in [5.41, 5.74) is 0.831. The van der Waals surface area contributed by atoms with E-state index in [0.717, 1.165) is 0 Å². The number of carbonyl (C=O) groups excluding carboxylic acids is 2. The summed E-state index contributed by atoms with van der Waals surface area (Å²) in [5, 5.41) is 5.87. The molecule has 0 spiro atoms. The number of benzene rings is 2. The van der Waals surface area contributed by atoms with Gasteiger partial charge in [-0.05, 0) is 62.4 Å². The van der Waals surface area contributed by atoms with Crippen molar-refractivity contribution < 1.29 is 23.8 Å². The minimum absolute atomic E-state index is 0.209. The molecule has 0 aliphatic rings. The molecule has 2 aromatic carbocycles. The Hall–Kier alpha value is -3.78. The van der Waals surface area contributed by atoms with Gasteiger partial charge in [0.1, 0.15) is 5.75 Å². The lowest BCUT2D eigenvalue weighted by atomic mass is 10.2. The van der Waals surface area contributed by atoms with Crippen LogP contribution in [0.2, 0.25) is 5.02 Å². The summed E-state index contributed by atoms with van der Waals surface area (Å²) in [6.45, 7) is 4.42. The zero-order valence-corrected chi connectivity index (χ0v) is 19.0. The van der Waals surface area contributed by atoms with Crippen molar-refractivity contribution in [3.05, 3.63) is 71.4 Å². The first-order valence-electron chi connectivity index (χ1n) is 10.4. The molecular formula is C24H24ClN3O5. The highest BCUT2D eigenvalue weighted by Crippen LogP contribution is 2.28.